The van der Waals surface area contributed by atoms with Gasteiger partial charge in [0.1, 0.15) is 11.5 Å². The number of carbonyl (C=O) groups excluding carboxylic acids is 1. The Balaban J connectivity index is 2.08. The lowest BCUT2D eigenvalue weighted by atomic mass is 9.91. The lowest BCUT2D eigenvalue weighted by molar-refractivity contribution is -0.152. The zero-order valence-corrected chi connectivity index (χ0v) is 13.8. The maximum Gasteiger partial charge on any atom is 0.309 e. The molecule has 1 heterocycles. The molecular formula is C20H22O3. The first-order valence-corrected chi connectivity index (χ1v) is 8.24. The topological polar surface area (TPSA) is 35.5 Å². The third-order valence-corrected chi connectivity index (χ3v) is 4.47. The van der Waals surface area contributed by atoms with Gasteiger partial charge in [-0.25, -0.2) is 0 Å². The monoisotopic (exact) mass is 310 g/mol. The van der Waals surface area contributed by atoms with Crippen molar-refractivity contribution in [3.05, 3.63) is 59.2 Å². The predicted molar refractivity (Wildman–Crippen MR) is 89.7 cm³/mol. The molecule has 3 nitrogen and oxygen atoms in total. The van der Waals surface area contributed by atoms with Crippen LogP contribution in [0.1, 0.15) is 50.0 Å². The molecule has 0 aromatic heterocycles. The molecule has 0 saturated heterocycles. The second-order valence-corrected chi connectivity index (χ2v) is 5.95. The molecule has 2 aromatic rings. The lowest BCUT2D eigenvalue weighted by Crippen LogP contribution is -2.22. The molecule has 0 spiro atoms. The highest BCUT2D eigenvalue weighted by Crippen LogP contribution is 2.46. The van der Waals surface area contributed by atoms with Gasteiger partial charge in [-0.3, -0.25) is 4.79 Å². The van der Waals surface area contributed by atoms with Crippen LogP contribution in [0.5, 0.6) is 11.5 Å². The number of rotatable bonds is 4. The third kappa shape index (κ3) is 2.83. The van der Waals surface area contributed by atoms with Crippen LogP contribution in [-0.4, -0.2) is 5.97 Å². The summed E-state index contributed by atoms with van der Waals surface area (Å²) in [6, 6.07) is 13.8. The standard InChI is InChI=1S/C20H22O3/c1-4-13(3)20(21)23-19-15-10-6-7-11-16(15)22-17-12-8-9-14(5-2)18(17)19/h6-13,19H,4-5H2,1-3H3. The molecule has 23 heavy (non-hydrogen) atoms. The van der Waals surface area contributed by atoms with Crippen LogP contribution in [0.2, 0.25) is 0 Å². The van der Waals surface area contributed by atoms with Crippen molar-refractivity contribution in [3.8, 4) is 11.5 Å². The van der Waals surface area contributed by atoms with Crippen molar-refractivity contribution in [1.29, 1.82) is 0 Å². The average molecular weight is 310 g/mol. The van der Waals surface area contributed by atoms with Crippen LogP contribution in [0, 0.1) is 5.92 Å². The zero-order valence-electron chi connectivity index (χ0n) is 13.8. The molecule has 0 saturated carbocycles. The summed E-state index contributed by atoms with van der Waals surface area (Å²) in [7, 11) is 0. The number of para-hydroxylation sites is 1. The summed E-state index contributed by atoms with van der Waals surface area (Å²) >= 11 is 0. The van der Waals surface area contributed by atoms with Crippen molar-refractivity contribution in [2.75, 3.05) is 0 Å². The summed E-state index contributed by atoms with van der Waals surface area (Å²) in [5, 5.41) is 0. The van der Waals surface area contributed by atoms with Gasteiger partial charge < -0.3 is 9.47 Å². The molecule has 0 fully saturated rings. The van der Waals surface area contributed by atoms with Crippen molar-refractivity contribution >= 4 is 5.97 Å². The fourth-order valence-corrected chi connectivity index (χ4v) is 2.87. The molecule has 2 aromatic carbocycles. The Morgan fingerprint density at radius 1 is 1.13 bits per heavy atom. The Bertz CT molecular complexity index is 721. The third-order valence-electron chi connectivity index (χ3n) is 4.47. The molecule has 2 atom stereocenters. The quantitative estimate of drug-likeness (QED) is 0.743. The first-order chi connectivity index (χ1) is 11.2. The smallest absolute Gasteiger partial charge is 0.309 e. The molecule has 1 aliphatic heterocycles. The SMILES string of the molecule is CCc1cccc2c1C(OC(=O)C(C)CC)c1ccccc1O2. The minimum Gasteiger partial charge on any atom is -0.456 e. The van der Waals surface area contributed by atoms with E-state index in [1.165, 1.54) is 0 Å². The molecule has 0 N–H and O–H groups in total. The Morgan fingerprint density at radius 2 is 1.87 bits per heavy atom. The van der Waals surface area contributed by atoms with E-state index in [4.69, 9.17) is 9.47 Å². The molecule has 3 rings (SSSR count). The van der Waals surface area contributed by atoms with E-state index in [1.54, 1.807) is 0 Å². The van der Waals surface area contributed by atoms with Crippen LogP contribution in [-0.2, 0) is 16.0 Å². The van der Waals surface area contributed by atoms with Crippen molar-refractivity contribution in [1.82, 2.24) is 0 Å². The summed E-state index contributed by atoms with van der Waals surface area (Å²) in [6.45, 7) is 6.00. The van der Waals surface area contributed by atoms with Crippen molar-refractivity contribution < 1.29 is 14.3 Å². The highest BCUT2D eigenvalue weighted by atomic mass is 16.6. The fourth-order valence-electron chi connectivity index (χ4n) is 2.87. The van der Waals surface area contributed by atoms with Gasteiger partial charge in [-0.05, 0) is 30.5 Å². The van der Waals surface area contributed by atoms with Gasteiger partial charge in [0.05, 0.1) is 5.92 Å². The second kappa shape index (κ2) is 6.45. The molecule has 0 radical (unpaired) electrons. The summed E-state index contributed by atoms with van der Waals surface area (Å²) in [6.07, 6.45) is 1.24. The Hall–Kier alpha value is -2.29. The van der Waals surface area contributed by atoms with E-state index in [2.05, 4.69) is 13.0 Å². The van der Waals surface area contributed by atoms with Gasteiger partial charge in [-0.2, -0.15) is 0 Å². The summed E-state index contributed by atoms with van der Waals surface area (Å²) in [4.78, 5) is 12.4. The molecule has 0 bridgehead atoms. The van der Waals surface area contributed by atoms with Crippen LogP contribution in [0.3, 0.4) is 0 Å². The van der Waals surface area contributed by atoms with Crippen LogP contribution < -0.4 is 4.74 Å². The fraction of sp³-hybridized carbons (Fsp3) is 0.350. The number of esters is 1. The van der Waals surface area contributed by atoms with E-state index in [1.807, 2.05) is 50.2 Å². The lowest BCUT2D eigenvalue weighted by Gasteiger charge is -2.30. The summed E-state index contributed by atoms with van der Waals surface area (Å²) in [5.41, 5.74) is 3.04. The molecule has 0 amide bonds. The van der Waals surface area contributed by atoms with Gasteiger partial charge in [-0.15, -0.1) is 0 Å². The first-order valence-electron chi connectivity index (χ1n) is 8.24. The highest BCUT2D eigenvalue weighted by Gasteiger charge is 2.32. The van der Waals surface area contributed by atoms with E-state index in [0.717, 1.165) is 41.0 Å². The van der Waals surface area contributed by atoms with Gasteiger partial charge >= 0.3 is 5.97 Å². The first kappa shape index (κ1) is 15.6. The van der Waals surface area contributed by atoms with Crippen LogP contribution in [0.4, 0.5) is 0 Å². The van der Waals surface area contributed by atoms with Gasteiger partial charge in [0, 0.05) is 11.1 Å². The Kier molecular flexibility index (Phi) is 4.37. The summed E-state index contributed by atoms with van der Waals surface area (Å²) in [5.74, 6) is 1.27. The number of carbonyl (C=O) groups is 1. The van der Waals surface area contributed by atoms with Crippen LogP contribution in [0.25, 0.3) is 0 Å². The van der Waals surface area contributed by atoms with Crippen LogP contribution >= 0.6 is 0 Å². The van der Waals surface area contributed by atoms with Gasteiger partial charge in [0.15, 0.2) is 6.10 Å². The van der Waals surface area contributed by atoms with Crippen LogP contribution in [0.15, 0.2) is 42.5 Å². The summed E-state index contributed by atoms with van der Waals surface area (Å²) < 4.78 is 11.9. The largest absolute Gasteiger partial charge is 0.456 e. The Morgan fingerprint density at radius 3 is 2.61 bits per heavy atom. The number of aryl methyl sites for hydroxylation is 1. The average Bonchev–Trinajstić information content (AvgIpc) is 2.59. The number of hydrogen-bond acceptors (Lipinski definition) is 3. The van der Waals surface area contributed by atoms with Gasteiger partial charge in [-0.1, -0.05) is 51.1 Å². The number of benzene rings is 2. The highest BCUT2D eigenvalue weighted by molar-refractivity contribution is 5.73. The molecular weight excluding hydrogens is 288 g/mol. The van der Waals surface area contributed by atoms with E-state index >= 15 is 0 Å². The van der Waals surface area contributed by atoms with E-state index < -0.39 is 6.10 Å². The Labute approximate surface area is 137 Å². The second-order valence-electron chi connectivity index (χ2n) is 5.95. The number of ether oxygens (including phenoxy) is 2. The van der Waals surface area contributed by atoms with Crippen molar-refractivity contribution in [2.24, 2.45) is 5.92 Å². The minimum atomic E-state index is -0.396. The van der Waals surface area contributed by atoms with E-state index in [0.29, 0.717) is 0 Å². The molecule has 1 aliphatic rings. The van der Waals surface area contributed by atoms with Gasteiger partial charge in [0.2, 0.25) is 0 Å². The van der Waals surface area contributed by atoms with E-state index in [9.17, 15) is 4.79 Å². The maximum absolute atomic E-state index is 12.4. The molecule has 0 aliphatic carbocycles. The van der Waals surface area contributed by atoms with E-state index in [-0.39, 0.29) is 11.9 Å². The molecule has 120 valence electrons. The minimum absolute atomic E-state index is 0.109. The van der Waals surface area contributed by atoms with Crippen molar-refractivity contribution in [2.45, 2.75) is 39.7 Å². The predicted octanol–water partition coefficient (Wildman–Crippen LogP) is 5.03. The van der Waals surface area contributed by atoms with Gasteiger partial charge in [0.25, 0.3) is 0 Å². The molecule has 3 heteroatoms. The molecule has 2 unspecified atom stereocenters. The maximum atomic E-state index is 12.4. The van der Waals surface area contributed by atoms with Crippen molar-refractivity contribution in [3.63, 3.8) is 0 Å². The normalized spacial score (nSPS) is 16.7. The number of fused-ring (bicyclic) bond motifs is 2. The number of hydrogen-bond donors (Lipinski definition) is 0. The zero-order chi connectivity index (χ0) is 16.4.